The maximum atomic E-state index is 12.7. The Bertz CT molecular complexity index is 1250. The molecule has 1 N–H and O–H groups in total. The molecule has 3 heterocycles. The van der Waals surface area contributed by atoms with Crippen LogP contribution in [0.2, 0.25) is 0 Å². The van der Waals surface area contributed by atoms with Crippen LogP contribution in [0.4, 0.5) is 5.69 Å². The maximum Gasteiger partial charge on any atom is 0.287 e. The van der Waals surface area contributed by atoms with E-state index in [1.807, 2.05) is 18.2 Å². The van der Waals surface area contributed by atoms with Gasteiger partial charge < -0.3 is 23.9 Å². The highest BCUT2D eigenvalue weighted by atomic mass is 16.5. The Labute approximate surface area is 207 Å². The van der Waals surface area contributed by atoms with Gasteiger partial charge in [-0.1, -0.05) is 18.2 Å². The lowest BCUT2D eigenvalue weighted by Gasteiger charge is -2.29. The van der Waals surface area contributed by atoms with Crippen molar-refractivity contribution < 1.29 is 33.0 Å². The summed E-state index contributed by atoms with van der Waals surface area (Å²) in [5, 5.41) is 2.82. The van der Waals surface area contributed by atoms with E-state index in [0.717, 1.165) is 12.8 Å². The third-order valence-electron chi connectivity index (χ3n) is 6.05. The highest BCUT2D eigenvalue weighted by Crippen LogP contribution is 2.34. The van der Waals surface area contributed by atoms with Gasteiger partial charge in [-0.05, 0) is 55.3 Å². The quantitative estimate of drug-likeness (QED) is 0.458. The molecular weight excluding hydrogens is 464 g/mol. The van der Waals surface area contributed by atoms with Crippen LogP contribution in [0.1, 0.15) is 39.5 Å². The third kappa shape index (κ3) is 5.41. The number of anilines is 1. The zero-order valence-corrected chi connectivity index (χ0v) is 19.6. The van der Waals surface area contributed by atoms with Crippen molar-refractivity contribution >= 4 is 23.3 Å². The molecular formula is C27H26N2O7. The number of furan rings is 1. The van der Waals surface area contributed by atoms with Gasteiger partial charge in [-0.15, -0.1) is 0 Å². The zero-order chi connectivity index (χ0) is 24.9. The van der Waals surface area contributed by atoms with Gasteiger partial charge in [0, 0.05) is 18.7 Å². The number of carbonyl (C=O) groups is 3. The molecule has 3 aromatic rings. The van der Waals surface area contributed by atoms with Crippen LogP contribution in [-0.4, -0.2) is 50.1 Å². The number of Topliss-reactive ketones (excluding diaryl/α,β-unsaturated/α-hetero) is 1. The highest BCUT2D eigenvalue weighted by molar-refractivity contribution is 6.02. The minimum absolute atomic E-state index is 0.0286. The summed E-state index contributed by atoms with van der Waals surface area (Å²) in [4.78, 5) is 39.4. The summed E-state index contributed by atoms with van der Waals surface area (Å²) in [7, 11) is 0. The number of ether oxygens (including phenoxy) is 3. The molecule has 1 atom stereocenters. The lowest BCUT2D eigenvalue weighted by molar-refractivity contribution is -0.121. The molecule has 1 fully saturated rings. The van der Waals surface area contributed by atoms with Gasteiger partial charge in [0.1, 0.15) is 17.3 Å². The van der Waals surface area contributed by atoms with E-state index in [-0.39, 0.29) is 49.2 Å². The van der Waals surface area contributed by atoms with Gasteiger partial charge in [0.2, 0.25) is 0 Å². The number of hydrogen-bond acceptors (Lipinski definition) is 7. The monoisotopic (exact) mass is 490 g/mol. The van der Waals surface area contributed by atoms with Gasteiger partial charge in [0.15, 0.2) is 24.8 Å². The number of para-hydroxylation sites is 1. The molecule has 9 nitrogen and oxygen atoms in total. The molecule has 0 bridgehead atoms. The summed E-state index contributed by atoms with van der Waals surface area (Å²) in [6.45, 7) is 0.961. The molecule has 1 unspecified atom stereocenters. The van der Waals surface area contributed by atoms with E-state index in [1.54, 1.807) is 42.5 Å². The van der Waals surface area contributed by atoms with E-state index >= 15 is 0 Å². The van der Waals surface area contributed by atoms with Crippen molar-refractivity contribution in [2.75, 3.05) is 31.3 Å². The maximum absolute atomic E-state index is 12.7. The van der Waals surface area contributed by atoms with Crippen molar-refractivity contribution in [1.82, 2.24) is 5.32 Å². The van der Waals surface area contributed by atoms with Crippen molar-refractivity contribution in [3.05, 3.63) is 77.7 Å². The van der Waals surface area contributed by atoms with Crippen LogP contribution in [0.3, 0.4) is 0 Å². The van der Waals surface area contributed by atoms with Gasteiger partial charge in [-0.25, -0.2) is 0 Å². The molecule has 1 aromatic heterocycles. The van der Waals surface area contributed by atoms with Crippen LogP contribution in [-0.2, 0) is 16.1 Å². The standard InChI is InChI=1S/C27H26N2O7/c30-23(16-34-19-5-2-1-3-6-19)18-8-10-24-22(13-18)29(26(31)17-35-24)15-21-9-11-25(36-21)27(32)28-14-20-7-4-12-33-20/h1-3,5-6,8-11,13,20H,4,7,12,14-17H2,(H,28,32). The normalized spacial score (nSPS) is 16.8. The average Bonchev–Trinajstić information content (AvgIpc) is 3.60. The van der Waals surface area contributed by atoms with Crippen molar-refractivity contribution in [2.45, 2.75) is 25.5 Å². The first-order chi connectivity index (χ1) is 17.6. The predicted octanol–water partition coefficient (Wildman–Crippen LogP) is 3.38. The number of rotatable bonds is 9. The highest BCUT2D eigenvalue weighted by Gasteiger charge is 2.28. The van der Waals surface area contributed by atoms with E-state index in [1.165, 1.54) is 4.90 Å². The number of nitrogens with zero attached hydrogens (tertiary/aromatic N) is 1. The summed E-state index contributed by atoms with van der Waals surface area (Å²) in [6, 6.07) is 17.2. The van der Waals surface area contributed by atoms with E-state index in [0.29, 0.717) is 41.7 Å². The van der Waals surface area contributed by atoms with Gasteiger partial charge in [-0.3, -0.25) is 19.3 Å². The van der Waals surface area contributed by atoms with Gasteiger partial charge in [0.25, 0.3) is 11.8 Å². The number of fused-ring (bicyclic) bond motifs is 1. The number of ketones is 1. The van der Waals surface area contributed by atoms with Crippen molar-refractivity contribution in [2.24, 2.45) is 0 Å². The molecule has 36 heavy (non-hydrogen) atoms. The molecule has 2 aliphatic rings. The predicted molar refractivity (Wildman–Crippen MR) is 129 cm³/mol. The summed E-state index contributed by atoms with van der Waals surface area (Å²) < 4.78 is 22.4. The first kappa shape index (κ1) is 23.6. The zero-order valence-electron chi connectivity index (χ0n) is 19.6. The Balaban J connectivity index is 1.26. The Morgan fingerprint density at radius 3 is 2.75 bits per heavy atom. The second-order valence-corrected chi connectivity index (χ2v) is 8.59. The lowest BCUT2D eigenvalue weighted by atomic mass is 10.1. The average molecular weight is 491 g/mol. The molecule has 0 aliphatic carbocycles. The Morgan fingerprint density at radius 1 is 1.08 bits per heavy atom. The summed E-state index contributed by atoms with van der Waals surface area (Å²) in [5.74, 6) is 0.815. The fraction of sp³-hybridized carbons (Fsp3) is 0.296. The lowest BCUT2D eigenvalue weighted by Crippen LogP contribution is -2.38. The number of hydrogen-bond donors (Lipinski definition) is 1. The second-order valence-electron chi connectivity index (χ2n) is 8.59. The minimum Gasteiger partial charge on any atom is -0.485 e. The number of amides is 2. The van der Waals surface area contributed by atoms with Crippen molar-refractivity contribution in [3.8, 4) is 11.5 Å². The van der Waals surface area contributed by atoms with E-state index in [9.17, 15) is 14.4 Å². The first-order valence-electron chi connectivity index (χ1n) is 11.8. The van der Waals surface area contributed by atoms with Crippen molar-refractivity contribution in [1.29, 1.82) is 0 Å². The largest absolute Gasteiger partial charge is 0.485 e. The topological polar surface area (TPSA) is 107 Å². The molecule has 5 rings (SSSR count). The van der Waals surface area contributed by atoms with Gasteiger partial charge >= 0.3 is 0 Å². The molecule has 0 spiro atoms. The Hall–Kier alpha value is -4.11. The Morgan fingerprint density at radius 2 is 1.94 bits per heavy atom. The van der Waals surface area contributed by atoms with Crippen LogP contribution < -0.4 is 19.7 Å². The van der Waals surface area contributed by atoms with Crippen LogP contribution in [0.5, 0.6) is 11.5 Å². The number of benzene rings is 2. The summed E-state index contributed by atoms with van der Waals surface area (Å²) in [5.41, 5.74) is 0.846. The molecule has 9 heteroatoms. The summed E-state index contributed by atoms with van der Waals surface area (Å²) in [6.07, 6.45) is 1.94. The third-order valence-corrected chi connectivity index (χ3v) is 6.05. The molecule has 2 aromatic carbocycles. The first-order valence-corrected chi connectivity index (χ1v) is 11.8. The van der Waals surface area contributed by atoms with E-state index in [2.05, 4.69) is 5.32 Å². The SMILES string of the molecule is O=C(COc1ccccc1)c1ccc2c(c1)N(Cc1ccc(C(=O)NCC3CCCO3)o1)C(=O)CO2. The van der Waals surface area contributed by atoms with E-state index < -0.39 is 0 Å². The second kappa shape index (κ2) is 10.7. The summed E-state index contributed by atoms with van der Waals surface area (Å²) >= 11 is 0. The Kier molecular flexibility index (Phi) is 6.99. The van der Waals surface area contributed by atoms with Gasteiger partial charge in [0.05, 0.1) is 18.3 Å². The smallest absolute Gasteiger partial charge is 0.287 e. The van der Waals surface area contributed by atoms with Crippen LogP contribution in [0.25, 0.3) is 0 Å². The van der Waals surface area contributed by atoms with Crippen LogP contribution in [0, 0.1) is 0 Å². The fourth-order valence-electron chi connectivity index (χ4n) is 4.14. The van der Waals surface area contributed by atoms with Crippen LogP contribution >= 0.6 is 0 Å². The molecule has 2 aliphatic heterocycles. The minimum atomic E-state index is -0.336. The molecule has 1 saturated heterocycles. The molecule has 0 radical (unpaired) electrons. The van der Waals surface area contributed by atoms with Crippen LogP contribution in [0.15, 0.2) is 65.1 Å². The fourth-order valence-corrected chi connectivity index (χ4v) is 4.14. The van der Waals surface area contributed by atoms with Gasteiger partial charge in [-0.2, -0.15) is 0 Å². The van der Waals surface area contributed by atoms with Crippen molar-refractivity contribution in [3.63, 3.8) is 0 Å². The molecule has 186 valence electrons. The molecule has 0 saturated carbocycles. The number of carbonyl (C=O) groups excluding carboxylic acids is 3. The number of nitrogens with one attached hydrogen (secondary N) is 1. The van der Waals surface area contributed by atoms with E-state index in [4.69, 9.17) is 18.6 Å². The molecule has 2 amide bonds.